The van der Waals surface area contributed by atoms with Crippen LogP contribution in [0.1, 0.15) is 40.5 Å². The summed E-state index contributed by atoms with van der Waals surface area (Å²) in [6.45, 7) is 2.65. The molecule has 12 heteroatoms. The fourth-order valence-electron chi connectivity index (χ4n) is 4.99. The van der Waals surface area contributed by atoms with Gasteiger partial charge in [-0.3, -0.25) is 4.90 Å². The lowest BCUT2D eigenvalue weighted by molar-refractivity contribution is 0.0697. The van der Waals surface area contributed by atoms with Crippen molar-refractivity contribution in [2.24, 2.45) is 0 Å². The number of carboxylic acid groups (broad SMARTS) is 1. The maximum absolute atomic E-state index is 14.0. The molecule has 10 nitrogen and oxygen atoms in total. The number of rotatable bonds is 10. The number of fused-ring (bicyclic) bond motifs is 1. The maximum atomic E-state index is 14.0. The summed E-state index contributed by atoms with van der Waals surface area (Å²) in [6.07, 6.45) is 3.16. The van der Waals surface area contributed by atoms with Crippen molar-refractivity contribution < 1.29 is 28.3 Å². The van der Waals surface area contributed by atoms with Gasteiger partial charge in [0.05, 0.1) is 41.6 Å². The minimum Gasteiger partial charge on any atom is -0.484 e. The molecule has 1 N–H and O–H groups in total. The first-order chi connectivity index (χ1) is 20.4. The summed E-state index contributed by atoms with van der Waals surface area (Å²) in [5.74, 6) is 0.554. The number of piperidine rings is 1. The van der Waals surface area contributed by atoms with E-state index in [0.717, 1.165) is 42.8 Å². The Labute approximate surface area is 245 Å². The highest BCUT2D eigenvalue weighted by Gasteiger charge is 2.24. The number of aromatic carboxylic acids is 1. The van der Waals surface area contributed by atoms with Gasteiger partial charge in [0.1, 0.15) is 18.5 Å². The largest absolute Gasteiger partial charge is 0.484 e. The molecule has 2 aromatic carbocycles. The lowest BCUT2D eigenvalue weighted by Gasteiger charge is -2.31. The first-order valence-corrected chi connectivity index (χ1v) is 13.8. The number of carboxylic acids is 1. The molecule has 0 amide bonds. The van der Waals surface area contributed by atoms with E-state index in [1.54, 1.807) is 48.7 Å². The van der Waals surface area contributed by atoms with E-state index in [-0.39, 0.29) is 24.0 Å². The summed E-state index contributed by atoms with van der Waals surface area (Å²) >= 11 is 5.81. The Morgan fingerprint density at radius 1 is 1.07 bits per heavy atom. The highest BCUT2D eigenvalue weighted by atomic mass is 35.5. The van der Waals surface area contributed by atoms with Crippen LogP contribution < -0.4 is 9.47 Å². The quantitative estimate of drug-likeness (QED) is 0.222. The Bertz CT molecular complexity index is 1700. The van der Waals surface area contributed by atoms with Gasteiger partial charge in [0.25, 0.3) is 0 Å². The van der Waals surface area contributed by atoms with Gasteiger partial charge in [0.15, 0.2) is 17.3 Å². The third kappa shape index (κ3) is 6.37. The lowest BCUT2D eigenvalue weighted by atomic mass is 10.1. The summed E-state index contributed by atoms with van der Waals surface area (Å²) in [7, 11) is 0. The van der Waals surface area contributed by atoms with Crippen LogP contribution in [0.15, 0.2) is 71.4 Å². The van der Waals surface area contributed by atoms with Crippen molar-refractivity contribution in [3.05, 3.63) is 101 Å². The van der Waals surface area contributed by atoms with Gasteiger partial charge in [-0.05, 0) is 55.3 Å². The molecule has 0 atom stereocenters. The predicted octanol–water partition coefficient (Wildman–Crippen LogP) is 5.58. The van der Waals surface area contributed by atoms with Crippen molar-refractivity contribution in [1.82, 2.24) is 24.6 Å². The summed E-state index contributed by atoms with van der Waals surface area (Å²) < 4.78 is 33.1. The number of imidazole rings is 1. The zero-order chi connectivity index (χ0) is 29.1. The van der Waals surface area contributed by atoms with Gasteiger partial charge in [0.2, 0.25) is 5.88 Å². The molecule has 0 bridgehead atoms. The van der Waals surface area contributed by atoms with E-state index in [9.17, 15) is 14.3 Å². The first kappa shape index (κ1) is 27.7. The number of pyridine rings is 1. The average molecular weight is 592 g/mol. The average Bonchev–Trinajstić information content (AvgIpc) is 3.62. The molecule has 0 aliphatic carbocycles. The summed E-state index contributed by atoms with van der Waals surface area (Å²) in [5.41, 5.74) is 2.28. The topological polar surface area (TPSA) is 116 Å². The summed E-state index contributed by atoms with van der Waals surface area (Å²) in [6, 6.07) is 16.4. The molecular weight excluding hydrogens is 565 g/mol. The van der Waals surface area contributed by atoms with Gasteiger partial charge >= 0.3 is 5.97 Å². The molecule has 1 saturated heterocycles. The lowest BCUT2D eigenvalue weighted by Crippen LogP contribution is -2.38. The molecule has 4 heterocycles. The number of hydrogen-bond acceptors (Lipinski definition) is 8. The van der Waals surface area contributed by atoms with E-state index < -0.39 is 11.8 Å². The van der Waals surface area contributed by atoms with Gasteiger partial charge in [0, 0.05) is 30.2 Å². The van der Waals surface area contributed by atoms with Crippen molar-refractivity contribution in [3.8, 4) is 11.6 Å². The number of hydrogen-bond donors (Lipinski definition) is 1. The number of carbonyl (C=O) groups is 1. The molecule has 1 aliphatic rings. The van der Waals surface area contributed by atoms with Gasteiger partial charge in [-0.1, -0.05) is 22.8 Å². The van der Waals surface area contributed by atoms with Gasteiger partial charge < -0.3 is 23.7 Å². The number of benzene rings is 2. The van der Waals surface area contributed by atoms with Gasteiger partial charge in [-0.2, -0.15) is 0 Å². The van der Waals surface area contributed by atoms with Crippen LogP contribution in [0.25, 0.3) is 11.0 Å². The monoisotopic (exact) mass is 591 g/mol. The standard InChI is InChI=1S/C30H27ClFN5O5/c31-20-5-7-27(24(32)15-20)40-18-21-2-1-3-29(34-21)41-22-9-12-36(13-10-22)17-28-35-25-6-4-19(30(38)39)14-26(25)37(28)16-23-8-11-33-42-23/h1-8,11,14-15,22H,9-10,12-13,16-18H2,(H,38,39). The third-order valence-corrected chi connectivity index (χ3v) is 7.35. The van der Waals surface area contributed by atoms with E-state index in [0.29, 0.717) is 35.4 Å². The molecule has 0 radical (unpaired) electrons. The molecule has 1 aliphatic heterocycles. The number of aromatic nitrogens is 4. The van der Waals surface area contributed by atoms with Crippen molar-refractivity contribution in [2.45, 2.75) is 38.6 Å². The van der Waals surface area contributed by atoms with Crippen molar-refractivity contribution in [3.63, 3.8) is 0 Å². The van der Waals surface area contributed by atoms with Crippen LogP contribution in [-0.4, -0.2) is 54.9 Å². The summed E-state index contributed by atoms with van der Waals surface area (Å²) in [4.78, 5) is 23.2. The van der Waals surface area contributed by atoms with Crippen LogP contribution in [0.2, 0.25) is 5.02 Å². The highest BCUT2D eigenvalue weighted by molar-refractivity contribution is 6.30. The molecule has 42 heavy (non-hydrogen) atoms. The molecule has 216 valence electrons. The van der Waals surface area contributed by atoms with E-state index in [4.69, 9.17) is 30.6 Å². The van der Waals surface area contributed by atoms with Crippen LogP contribution in [0, 0.1) is 5.82 Å². The second-order valence-corrected chi connectivity index (χ2v) is 10.5. The van der Waals surface area contributed by atoms with Crippen molar-refractivity contribution in [1.29, 1.82) is 0 Å². The Morgan fingerprint density at radius 3 is 2.69 bits per heavy atom. The van der Waals surface area contributed by atoms with Crippen molar-refractivity contribution >= 4 is 28.6 Å². The van der Waals surface area contributed by atoms with Crippen molar-refractivity contribution in [2.75, 3.05) is 13.1 Å². The number of ether oxygens (including phenoxy) is 2. The molecule has 6 rings (SSSR count). The number of halogens is 2. The zero-order valence-corrected chi connectivity index (χ0v) is 23.2. The van der Waals surface area contributed by atoms with E-state index in [1.165, 1.54) is 12.1 Å². The van der Waals surface area contributed by atoms with Crippen LogP contribution in [0.3, 0.4) is 0 Å². The fraction of sp³-hybridized carbons (Fsp3) is 0.267. The third-order valence-electron chi connectivity index (χ3n) is 7.12. The fourth-order valence-corrected chi connectivity index (χ4v) is 5.14. The van der Waals surface area contributed by atoms with E-state index in [2.05, 4.69) is 15.0 Å². The maximum Gasteiger partial charge on any atom is 0.335 e. The van der Waals surface area contributed by atoms with Crippen LogP contribution in [-0.2, 0) is 19.7 Å². The molecular formula is C30H27ClFN5O5. The Hall–Kier alpha value is -4.48. The predicted molar refractivity (Wildman–Crippen MR) is 151 cm³/mol. The second-order valence-electron chi connectivity index (χ2n) is 10.0. The van der Waals surface area contributed by atoms with Crippen LogP contribution in [0.5, 0.6) is 11.6 Å². The molecule has 0 unspecified atom stereocenters. The van der Waals surface area contributed by atoms with E-state index in [1.807, 2.05) is 10.6 Å². The SMILES string of the molecule is O=C(O)c1ccc2nc(CN3CCC(Oc4cccc(COc5ccc(Cl)cc5F)n4)CC3)n(Cc3ccno3)c2c1. The summed E-state index contributed by atoms with van der Waals surface area (Å²) in [5, 5.41) is 13.6. The molecule has 1 fully saturated rings. The molecule has 0 spiro atoms. The first-order valence-electron chi connectivity index (χ1n) is 13.5. The van der Waals surface area contributed by atoms with Gasteiger partial charge in [-0.25, -0.2) is 19.2 Å². The molecule has 5 aromatic rings. The molecule has 0 saturated carbocycles. The minimum absolute atomic E-state index is 0.00948. The second kappa shape index (κ2) is 12.2. The number of nitrogens with zero attached hydrogens (tertiary/aromatic N) is 5. The number of likely N-dealkylation sites (tertiary alicyclic amines) is 1. The zero-order valence-electron chi connectivity index (χ0n) is 22.5. The van der Waals surface area contributed by atoms with Crippen LogP contribution >= 0.6 is 11.6 Å². The van der Waals surface area contributed by atoms with E-state index >= 15 is 0 Å². The van der Waals surface area contributed by atoms with Crippen LogP contribution in [0.4, 0.5) is 4.39 Å². The Morgan fingerprint density at radius 2 is 1.93 bits per heavy atom. The molecule has 3 aromatic heterocycles. The highest BCUT2D eigenvalue weighted by Crippen LogP contribution is 2.25. The smallest absolute Gasteiger partial charge is 0.335 e. The minimum atomic E-state index is -0.990. The van der Waals surface area contributed by atoms with Gasteiger partial charge in [-0.15, -0.1) is 0 Å². The normalized spacial score (nSPS) is 14.3. The Kier molecular flexibility index (Phi) is 8.02. The Balaban J connectivity index is 1.08.